The molecule has 8 heteroatoms. The van der Waals surface area contributed by atoms with Crippen LogP contribution in [0.1, 0.15) is 48.4 Å². The summed E-state index contributed by atoms with van der Waals surface area (Å²) in [5, 5.41) is 1.92. The minimum atomic E-state index is -0.947. The molecule has 0 bridgehead atoms. The van der Waals surface area contributed by atoms with Gasteiger partial charge in [-0.05, 0) is 66.8 Å². The third kappa shape index (κ3) is 4.57. The first-order valence-corrected chi connectivity index (χ1v) is 9.38. The number of carbonyl (C=O) groups excluding carboxylic acids is 2. The zero-order valence-corrected chi connectivity index (χ0v) is 20.0. The SMILES string of the molecule is CC(C)(N)C(=O)c1ccc2c(c1)-c1ccc(C(=O)C(C)(C)N)c3cccc-2c13.Cl.Cl.O.O. The lowest BCUT2D eigenvalue weighted by Crippen LogP contribution is -2.41. The molecule has 1 aliphatic carbocycles. The summed E-state index contributed by atoms with van der Waals surface area (Å²) in [7, 11) is 0. The summed E-state index contributed by atoms with van der Waals surface area (Å²) >= 11 is 0. The van der Waals surface area contributed by atoms with E-state index in [9.17, 15) is 9.59 Å². The molecule has 0 radical (unpaired) electrons. The first kappa shape index (κ1) is 29.7. The van der Waals surface area contributed by atoms with Crippen molar-refractivity contribution in [2.24, 2.45) is 11.5 Å². The Hall–Kier alpha value is -2.32. The van der Waals surface area contributed by atoms with Crippen LogP contribution in [0.25, 0.3) is 33.0 Å². The van der Waals surface area contributed by atoms with Gasteiger partial charge in [-0.25, -0.2) is 0 Å². The van der Waals surface area contributed by atoms with Gasteiger partial charge in [-0.1, -0.05) is 42.5 Å². The summed E-state index contributed by atoms with van der Waals surface area (Å²) in [6, 6.07) is 15.5. The molecule has 174 valence electrons. The molecule has 0 atom stereocenters. The molecule has 0 aliphatic heterocycles. The molecule has 0 aromatic heterocycles. The van der Waals surface area contributed by atoms with Crippen LogP contribution in [0.3, 0.4) is 0 Å². The maximum Gasteiger partial charge on any atom is 0.182 e. The fourth-order valence-electron chi connectivity index (χ4n) is 3.92. The van der Waals surface area contributed by atoms with E-state index < -0.39 is 11.1 Å². The molecule has 0 saturated heterocycles. The van der Waals surface area contributed by atoms with E-state index >= 15 is 0 Å². The Morgan fingerprint density at radius 2 is 1.22 bits per heavy atom. The highest BCUT2D eigenvalue weighted by molar-refractivity contribution is 6.22. The number of hydrogen-bond acceptors (Lipinski definition) is 4. The molecule has 8 N–H and O–H groups in total. The maximum absolute atomic E-state index is 12.9. The molecule has 0 fully saturated rings. The topological polar surface area (TPSA) is 149 Å². The molecule has 4 rings (SSSR count). The summed E-state index contributed by atoms with van der Waals surface area (Å²) in [6.45, 7) is 6.87. The average molecular weight is 481 g/mol. The third-order valence-corrected chi connectivity index (χ3v) is 5.32. The van der Waals surface area contributed by atoms with Crippen molar-refractivity contribution in [3.8, 4) is 22.3 Å². The van der Waals surface area contributed by atoms with Gasteiger partial charge in [0, 0.05) is 11.1 Å². The van der Waals surface area contributed by atoms with Gasteiger partial charge in [0.1, 0.15) is 0 Å². The number of benzene rings is 3. The van der Waals surface area contributed by atoms with Crippen molar-refractivity contribution < 1.29 is 20.5 Å². The number of Topliss-reactive ketones (excluding diaryl/α,β-unsaturated/α-hetero) is 2. The zero-order chi connectivity index (χ0) is 20.4. The Bertz CT molecular complexity index is 1180. The van der Waals surface area contributed by atoms with E-state index in [1.165, 1.54) is 0 Å². The second-order valence-corrected chi connectivity index (χ2v) is 8.75. The third-order valence-electron chi connectivity index (χ3n) is 5.32. The highest BCUT2D eigenvalue weighted by Crippen LogP contribution is 2.48. The maximum atomic E-state index is 12.9. The number of rotatable bonds is 4. The quantitative estimate of drug-likeness (QED) is 0.429. The molecule has 0 unspecified atom stereocenters. The largest absolute Gasteiger partial charge is 0.412 e. The van der Waals surface area contributed by atoms with E-state index in [0.717, 1.165) is 33.0 Å². The Kier molecular flexibility index (Phi) is 8.97. The summed E-state index contributed by atoms with van der Waals surface area (Å²) in [4.78, 5) is 25.5. The molecule has 0 amide bonds. The first-order chi connectivity index (χ1) is 13.0. The molecule has 1 aliphatic rings. The van der Waals surface area contributed by atoms with Crippen LogP contribution in [0.5, 0.6) is 0 Å². The number of ketones is 2. The predicted molar refractivity (Wildman–Crippen MR) is 135 cm³/mol. The molecule has 0 spiro atoms. The lowest BCUT2D eigenvalue weighted by molar-refractivity contribution is 0.0908. The van der Waals surface area contributed by atoms with E-state index in [1.807, 2.05) is 48.5 Å². The van der Waals surface area contributed by atoms with E-state index in [4.69, 9.17) is 11.5 Å². The zero-order valence-electron chi connectivity index (χ0n) is 18.4. The van der Waals surface area contributed by atoms with E-state index in [1.54, 1.807) is 27.7 Å². The van der Waals surface area contributed by atoms with Crippen molar-refractivity contribution >= 4 is 47.2 Å². The van der Waals surface area contributed by atoms with Gasteiger partial charge in [0.25, 0.3) is 0 Å². The van der Waals surface area contributed by atoms with Crippen LogP contribution >= 0.6 is 24.8 Å². The normalized spacial score (nSPS) is 11.3. The number of fused-ring (bicyclic) bond motifs is 3. The Balaban J connectivity index is 0.00000240. The smallest absolute Gasteiger partial charge is 0.182 e. The Labute approximate surface area is 199 Å². The molecule has 3 aromatic rings. The monoisotopic (exact) mass is 480 g/mol. The highest BCUT2D eigenvalue weighted by atomic mass is 35.5. The van der Waals surface area contributed by atoms with Crippen LogP contribution in [-0.2, 0) is 0 Å². The van der Waals surface area contributed by atoms with Gasteiger partial charge in [-0.2, -0.15) is 0 Å². The van der Waals surface area contributed by atoms with E-state index in [0.29, 0.717) is 11.1 Å². The second-order valence-electron chi connectivity index (χ2n) is 8.75. The first-order valence-electron chi connectivity index (χ1n) is 9.38. The Morgan fingerprint density at radius 3 is 1.78 bits per heavy atom. The lowest BCUT2D eigenvalue weighted by Gasteiger charge is -2.18. The molecule has 0 saturated carbocycles. The van der Waals surface area contributed by atoms with Crippen LogP contribution in [0.4, 0.5) is 0 Å². The van der Waals surface area contributed by atoms with Gasteiger partial charge >= 0.3 is 0 Å². The molecular formula is C24H30Cl2N2O4. The summed E-state index contributed by atoms with van der Waals surface area (Å²) in [5.74, 6) is -0.188. The Morgan fingerprint density at radius 1 is 0.688 bits per heavy atom. The lowest BCUT2D eigenvalue weighted by atomic mass is 9.89. The number of carbonyl (C=O) groups is 2. The van der Waals surface area contributed by atoms with Crippen molar-refractivity contribution in [2.45, 2.75) is 38.8 Å². The highest BCUT2D eigenvalue weighted by Gasteiger charge is 2.30. The summed E-state index contributed by atoms with van der Waals surface area (Å²) in [6.07, 6.45) is 0. The van der Waals surface area contributed by atoms with Gasteiger partial charge in [0.2, 0.25) is 0 Å². The predicted octanol–water partition coefficient (Wildman–Crippen LogP) is 3.52. The molecule has 3 aromatic carbocycles. The number of hydrogen-bond donors (Lipinski definition) is 2. The number of halogens is 2. The van der Waals surface area contributed by atoms with Crippen molar-refractivity contribution in [1.82, 2.24) is 0 Å². The van der Waals surface area contributed by atoms with Crippen LogP contribution in [0.15, 0.2) is 48.5 Å². The van der Waals surface area contributed by atoms with E-state index in [2.05, 4.69) is 0 Å². The van der Waals surface area contributed by atoms with Gasteiger partial charge in [-0.15, -0.1) is 24.8 Å². The van der Waals surface area contributed by atoms with Gasteiger partial charge < -0.3 is 22.4 Å². The minimum absolute atomic E-state index is 0. The van der Waals surface area contributed by atoms with Gasteiger partial charge in [0.05, 0.1) is 11.1 Å². The van der Waals surface area contributed by atoms with Crippen LogP contribution in [0, 0.1) is 0 Å². The fraction of sp³-hybridized carbons (Fsp3) is 0.250. The number of nitrogens with two attached hydrogens (primary N) is 2. The fourth-order valence-corrected chi connectivity index (χ4v) is 3.92. The van der Waals surface area contributed by atoms with Crippen molar-refractivity contribution in [2.75, 3.05) is 0 Å². The van der Waals surface area contributed by atoms with Crippen molar-refractivity contribution in [1.29, 1.82) is 0 Å². The van der Waals surface area contributed by atoms with Crippen LogP contribution < -0.4 is 11.5 Å². The van der Waals surface area contributed by atoms with Crippen LogP contribution in [0.2, 0.25) is 0 Å². The van der Waals surface area contributed by atoms with E-state index in [-0.39, 0.29) is 47.3 Å². The van der Waals surface area contributed by atoms with Crippen molar-refractivity contribution in [3.63, 3.8) is 0 Å². The molecule has 32 heavy (non-hydrogen) atoms. The van der Waals surface area contributed by atoms with Crippen molar-refractivity contribution in [3.05, 3.63) is 59.7 Å². The standard InChI is InChI=1S/C24H24N2O2.2ClH.2H2O/c1-23(2,25)21(27)13-8-9-14-15-6-5-7-16-18(22(28)24(3,4)26)11-10-17(20(15)16)19(14)12-13;;;;/h5-12H,25-26H2,1-4H3;2*1H;2*1H2. The summed E-state index contributed by atoms with van der Waals surface area (Å²) in [5.41, 5.74) is 15.6. The van der Waals surface area contributed by atoms with Gasteiger partial charge in [0.15, 0.2) is 11.6 Å². The van der Waals surface area contributed by atoms with Crippen LogP contribution in [-0.4, -0.2) is 33.6 Å². The second kappa shape index (κ2) is 9.67. The summed E-state index contributed by atoms with van der Waals surface area (Å²) < 4.78 is 0. The van der Waals surface area contributed by atoms with Gasteiger partial charge in [-0.3, -0.25) is 9.59 Å². The molecule has 0 heterocycles. The molecular weight excluding hydrogens is 451 g/mol. The average Bonchev–Trinajstić information content (AvgIpc) is 2.94. The molecule has 6 nitrogen and oxygen atoms in total. The minimum Gasteiger partial charge on any atom is -0.412 e.